The van der Waals surface area contributed by atoms with E-state index in [0.29, 0.717) is 11.3 Å². The van der Waals surface area contributed by atoms with Crippen LogP contribution in [0.5, 0.6) is 17.2 Å². The van der Waals surface area contributed by atoms with Crippen molar-refractivity contribution in [1.82, 2.24) is 4.98 Å². The lowest BCUT2D eigenvalue weighted by Crippen LogP contribution is -1.91. The number of para-hydroxylation sites is 1. The summed E-state index contributed by atoms with van der Waals surface area (Å²) in [6.07, 6.45) is 0. The van der Waals surface area contributed by atoms with Gasteiger partial charge >= 0.3 is 0 Å². The van der Waals surface area contributed by atoms with Crippen LogP contribution in [0, 0.1) is 5.82 Å². The first-order chi connectivity index (χ1) is 13.7. The summed E-state index contributed by atoms with van der Waals surface area (Å²) in [6.45, 7) is 0. The number of nitrogens with zero attached hydrogens (tertiary/aromatic N) is 1. The van der Waals surface area contributed by atoms with Crippen molar-refractivity contribution in [3.8, 4) is 28.5 Å². The molecule has 4 rings (SSSR count). The molecule has 1 aromatic heterocycles. The van der Waals surface area contributed by atoms with Crippen molar-refractivity contribution in [2.45, 2.75) is 0 Å². The molecule has 1 heterocycles. The van der Waals surface area contributed by atoms with Crippen LogP contribution in [0.4, 0.5) is 15.2 Å². The Hall–Kier alpha value is -3.38. The molecule has 4 nitrogen and oxygen atoms in total. The fraction of sp³-hybridized carbons (Fsp3) is 0.0455. The Balaban J connectivity index is 1.44. The molecule has 0 radical (unpaired) electrons. The molecular formula is C22H17FN2O2S. The largest absolute Gasteiger partial charge is 0.494 e. The molecule has 0 spiro atoms. The summed E-state index contributed by atoms with van der Waals surface area (Å²) >= 11 is 1.45. The first kappa shape index (κ1) is 18.0. The van der Waals surface area contributed by atoms with Crippen molar-refractivity contribution < 1.29 is 13.9 Å². The zero-order chi connectivity index (χ0) is 19.3. The summed E-state index contributed by atoms with van der Waals surface area (Å²) in [5.41, 5.74) is 2.30. The molecule has 0 amide bonds. The summed E-state index contributed by atoms with van der Waals surface area (Å²) < 4.78 is 24.6. The van der Waals surface area contributed by atoms with Crippen LogP contribution in [0.15, 0.2) is 78.2 Å². The quantitative estimate of drug-likeness (QED) is 0.407. The minimum absolute atomic E-state index is 0.218. The third-order valence-corrected chi connectivity index (χ3v) is 4.79. The van der Waals surface area contributed by atoms with E-state index in [-0.39, 0.29) is 5.75 Å². The molecule has 28 heavy (non-hydrogen) atoms. The molecule has 0 aliphatic carbocycles. The van der Waals surface area contributed by atoms with Gasteiger partial charge in [-0.25, -0.2) is 9.37 Å². The summed E-state index contributed by atoms with van der Waals surface area (Å²) in [6, 6.07) is 22.1. The minimum atomic E-state index is -0.406. The van der Waals surface area contributed by atoms with Gasteiger partial charge in [-0.05, 0) is 54.6 Å². The highest BCUT2D eigenvalue weighted by atomic mass is 32.1. The number of thiazole rings is 1. The van der Waals surface area contributed by atoms with Crippen molar-refractivity contribution in [1.29, 1.82) is 0 Å². The maximum atomic E-state index is 13.9. The van der Waals surface area contributed by atoms with Gasteiger partial charge in [0, 0.05) is 16.6 Å². The van der Waals surface area contributed by atoms with Gasteiger partial charge < -0.3 is 14.8 Å². The average molecular weight is 392 g/mol. The molecule has 0 unspecified atom stereocenters. The van der Waals surface area contributed by atoms with Gasteiger partial charge in [0.25, 0.3) is 0 Å². The van der Waals surface area contributed by atoms with Crippen LogP contribution in [0.2, 0.25) is 0 Å². The van der Waals surface area contributed by atoms with E-state index in [1.807, 2.05) is 60.0 Å². The standard InChI is InChI=1S/C22H17FN2O2S/c1-26-21-12-7-15(13-19(21)23)20-14-28-22(25-20)24-16-8-10-18(11-9-16)27-17-5-3-2-4-6-17/h2-14H,1H3,(H,24,25). The highest BCUT2D eigenvalue weighted by Gasteiger charge is 2.09. The van der Waals surface area contributed by atoms with E-state index in [2.05, 4.69) is 10.3 Å². The fourth-order valence-electron chi connectivity index (χ4n) is 2.64. The lowest BCUT2D eigenvalue weighted by Gasteiger charge is -2.07. The molecule has 0 fully saturated rings. The monoisotopic (exact) mass is 392 g/mol. The number of methoxy groups -OCH3 is 1. The maximum absolute atomic E-state index is 13.9. The number of benzene rings is 3. The lowest BCUT2D eigenvalue weighted by atomic mass is 10.1. The fourth-order valence-corrected chi connectivity index (χ4v) is 3.38. The molecule has 0 saturated carbocycles. The van der Waals surface area contributed by atoms with Crippen molar-refractivity contribution in [3.63, 3.8) is 0 Å². The third kappa shape index (κ3) is 4.13. The predicted molar refractivity (Wildman–Crippen MR) is 110 cm³/mol. The number of nitrogens with one attached hydrogen (secondary N) is 1. The average Bonchev–Trinajstić information content (AvgIpc) is 3.19. The highest BCUT2D eigenvalue weighted by molar-refractivity contribution is 7.14. The van der Waals surface area contributed by atoms with Crippen LogP contribution >= 0.6 is 11.3 Å². The van der Waals surface area contributed by atoms with E-state index in [1.165, 1.54) is 24.5 Å². The van der Waals surface area contributed by atoms with E-state index < -0.39 is 5.82 Å². The third-order valence-electron chi connectivity index (χ3n) is 4.04. The summed E-state index contributed by atoms with van der Waals surface area (Å²) in [4.78, 5) is 4.53. The Kier molecular flexibility index (Phi) is 5.21. The molecule has 1 N–H and O–H groups in total. The Morgan fingerprint density at radius 1 is 0.929 bits per heavy atom. The molecule has 6 heteroatoms. The van der Waals surface area contributed by atoms with Crippen molar-refractivity contribution in [3.05, 3.63) is 84.0 Å². The van der Waals surface area contributed by atoms with Crippen LogP contribution in [-0.4, -0.2) is 12.1 Å². The van der Waals surface area contributed by atoms with E-state index >= 15 is 0 Å². The predicted octanol–water partition coefficient (Wildman–Crippen LogP) is 6.49. The molecule has 0 bridgehead atoms. The van der Waals surface area contributed by atoms with Crippen molar-refractivity contribution in [2.24, 2.45) is 0 Å². The highest BCUT2D eigenvalue weighted by Crippen LogP contribution is 2.30. The molecule has 4 aromatic rings. The van der Waals surface area contributed by atoms with Crippen LogP contribution in [-0.2, 0) is 0 Å². The maximum Gasteiger partial charge on any atom is 0.187 e. The zero-order valence-electron chi connectivity index (χ0n) is 15.1. The zero-order valence-corrected chi connectivity index (χ0v) is 15.9. The van der Waals surface area contributed by atoms with Gasteiger partial charge in [0.15, 0.2) is 16.7 Å². The Morgan fingerprint density at radius 2 is 1.68 bits per heavy atom. The van der Waals surface area contributed by atoms with Gasteiger partial charge in [-0.3, -0.25) is 0 Å². The SMILES string of the molecule is COc1ccc(-c2csc(Nc3ccc(Oc4ccccc4)cc3)n2)cc1F. The molecule has 140 valence electrons. The van der Waals surface area contributed by atoms with Crippen LogP contribution in [0.25, 0.3) is 11.3 Å². The van der Waals surface area contributed by atoms with E-state index in [1.54, 1.807) is 12.1 Å². The molecule has 0 atom stereocenters. The molecule has 0 aliphatic heterocycles. The second kappa shape index (κ2) is 8.10. The first-order valence-electron chi connectivity index (χ1n) is 8.61. The summed E-state index contributed by atoms with van der Waals surface area (Å²) in [7, 11) is 1.44. The second-order valence-corrected chi connectivity index (χ2v) is 6.81. The lowest BCUT2D eigenvalue weighted by molar-refractivity contribution is 0.386. The van der Waals surface area contributed by atoms with Gasteiger partial charge in [0.2, 0.25) is 0 Å². The number of ether oxygens (including phenoxy) is 2. The van der Waals surface area contributed by atoms with Gasteiger partial charge in [0.05, 0.1) is 12.8 Å². The van der Waals surface area contributed by atoms with Gasteiger partial charge in [-0.2, -0.15) is 0 Å². The Bertz CT molecular complexity index is 1070. The topological polar surface area (TPSA) is 43.4 Å². The van der Waals surface area contributed by atoms with E-state index in [9.17, 15) is 4.39 Å². The van der Waals surface area contributed by atoms with Crippen molar-refractivity contribution in [2.75, 3.05) is 12.4 Å². The van der Waals surface area contributed by atoms with Gasteiger partial charge in [0.1, 0.15) is 11.5 Å². The number of rotatable bonds is 6. The Morgan fingerprint density at radius 3 is 2.39 bits per heavy atom. The second-order valence-electron chi connectivity index (χ2n) is 5.95. The van der Waals surface area contributed by atoms with Crippen LogP contribution in [0.1, 0.15) is 0 Å². The first-order valence-corrected chi connectivity index (χ1v) is 9.49. The number of anilines is 2. The molecular weight excluding hydrogens is 375 g/mol. The summed E-state index contributed by atoms with van der Waals surface area (Å²) in [5.74, 6) is 1.36. The van der Waals surface area contributed by atoms with Crippen LogP contribution in [0.3, 0.4) is 0 Å². The Labute approximate surface area is 166 Å². The number of hydrogen-bond donors (Lipinski definition) is 1. The van der Waals surface area contributed by atoms with Crippen LogP contribution < -0.4 is 14.8 Å². The summed E-state index contributed by atoms with van der Waals surface area (Å²) in [5, 5.41) is 5.87. The molecule has 3 aromatic carbocycles. The number of halogens is 1. The number of hydrogen-bond acceptors (Lipinski definition) is 5. The van der Waals surface area contributed by atoms with E-state index in [0.717, 1.165) is 22.3 Å². The van der Waals surface area contributed by atoms with Crippen molar-refractivity contribution >= 4 is 22.2 Å². The number of aromatic nitrogens is 1. The molecule has 0 saturated heterocycles. The van der Waals surface area contributed by atoms with Gasteiger partial charge in [-0.15, -0.1) is 11.3 Å². The minimum Gasteiger partial charge on any atom is -0.494 e. The smallest absolute Gasteiger partial charge is 0.187 e. The van der Waals surface area contributed by atoms with Gasteiger partial charge in [-0.1, -0.05) is 18.2 Å². The normalized spacial score (nSPS) is 10.5. The van der Waals surface area contributed by atoms with E-state index in [4.69, 9.17) is 9.47 Å². The molecule has 0 aliphatic rings.